The van der Waals surface area contributed by atoms with Crippen molar-refractivity contribution >= 4 is 34.5 Å². The summed E-state index contributed by atoms with van der Waals surface area (Å²) in [4.78, 5) is 12.0. The molecule has 0 atom stereocenters. The third-order valence-electron chi connectivity index (χ3n) is 2.64. The molecule has 0 aliphatic heterocycles. The second kappa shape index (κ2) is 5.42. The molecule has 0 bridgehead atoms. The predicted octanol–water partition coefficient (Wildman–Crippen LogP) is 3.22. The molecule has 0 saturated carbocycles. The summed E-state index contributed by atoms with van der Waals surface area (Å²) >= 11 is 7.60. The van der Waals surface area contributed by atoms with Crippen LogP contribution in [0.4, 0.5) is 5.69 Å². The van der Waals surface area contributed by atoms with Gasteiger partial charge in [0.1, 0.15) is 0 Å². The molecular formula is C13H13ClN2OS. The summed E-state index contributed by atoms with van der Waals surface area (Å²) < 4.78 is 0. The molecule has 1 heterocycles. The largest absolute Gasteiger partial charge is 0.399 e. The summed E-state index contributed by atoms with van der Waals surface area (Å²) in [7, 11) is 0. The molecule has 18 heavy (non-hydrogen) atoms. The number of halogens is 1. The molecule has 0 aliphatic rings. The second-order valence-electron chi connectivity index (χ2n) is 4.00. The first-order valence-electron chi connectivity index (χ1n) is 5.43. The van der Waals surface area contributed by atoms with Crippen molar-refractivity contribution < 1.29 is 4.79 Å². The van der Waals surface area contributed by atoms with E-state index >= 15 is 0 Å². The number of anilines is 1. The van der Waals surface area contributed by atoms with Crippen LogP contribution in [0.25, 0.3) is 0 Å². The quantitative estimate of drug-likeness (QED) is 0.848. The molecule has 0 spiro atoms. The van der Waals surface area contributed by atoms with E-state index in [-0.39, 0.29) is 5.91 Å². The molecule has 3 nitrogen and oxygen atoms in total. The lowest BCUT2D eigenvalue weighted by Gasteiger charge is -2.07. The minimum Gasteiger partial charge on any atom is -0.399 e. The lowest BCUT2D eigenvalue weighted by atomic mass is 10.1. The third kappa shape index (κ3) is 2.83. The van der Waals surface area contributed by atoms with Gasteiger partial charge in [0.05, 0.1) is 10.6 Å². The number of hydrogen-bond donors (Lipinski definition) is 2. The summed E-state index contributed by atoms with van der Waals surface area (Å²) in [6.45, 7) is 2.53. The first-order valence-corrected chi connectivity index (χ1v) is 6.75. The minimum absolute atomic E-state index is 0.189. The highest BCUT2D eigenvalue weighted by atomic mass is 35.5. The Labute approximate surface area is 115 Å². The number of carbonyl (C=O) groups is 1. The van der Waals surface area contributed by atoms with E-state index in [9.17, 15) is 4.79 Å². The molecule has 1 amide bonds. The Hall–Kier alpha value is -1.52. The fourth-order valence-corrected chi connectivity index (χ4v) is 2.69. The zero-order chi connectivity index (χ0) is 13.1. The summed E-state index contributed by atoms with van der Waals surface area (Å²) in [6.07, 6.45) is 0. The van der Waals surface area contributed by atoms with E-state index in [0.717, 1.165) is 5.56 Å². The molecule has 3 N–H and O–H groups in total. The molecule has 0 aliphatic carbocycles. The monoisotopic (exact) mass is 280 g/mol. The van der Waals surface area contributed by atoms with Crippen LogP contribution in [0.15, 0.2) is 29.0 Å². The smallest absolute Gasteiger partial charge is 0.253 e. The highest BCUT2D eigenvalue weighted by Gasteiger charge is 2.10. The van der Waals surface area contributed by atoms with Crippen molar-refractivity contribution in [2.45, 2.75) is 13.5 Å². The van der Waals surface area contributed by atoms with Crippen LogP contribution in [-0.2, 0) is 6.54 Å². The van der Waals surface area contributed by atoms with Crippen LogP contribution in [-0.4, -0.2) is 5.91 Å². The van der Waals surface area contributed by atoms with Crippen molar-refractivity contribution in [3.8, 4) is 0 Å². The Balaban J connectivity index is 2.06. The Kier molecular flexibility index (Phi) is 3.89. The van der Waals surface area contributed by atoms with Crippen molar-refractivity contribution in [3.05, 3.63) is 50.7 Å². The molecule has 0 radical (unpaired) electrons. The number of benzene rings is 1. The third-order valence-corrected chi connectivity index (χ3v) is 3.86. The summed E-state index contributed by atoms with van der Waals surface area (Å²) in [5.41, 5.74) is 8.88. The normalized spacial score (nSPS) is 10.3. The number of carbonyl (C=O) groups excluding carboxylic acids is 1. The Morgan fingerprint density at radius 1 is 1.44 bits per heavy atom. The fourth-order valence-electron chi connectivity index (χ4n) is 1.55. The average Bonchev–Trinajstić information content (AvgIpc) is 2.72. The SMILES string of the molecule is Cc1cscc1CNC(=O)c1ccc(N)cc1Cl. The molecule has 5 heteroatoms. The van der Waals surface area contributed by atoms with E-state index in [1.807, 2.05) is 12.3 Å². The Bertz CT molecular complexity index is 580. The van der Waals surface area contributed by atoms with Crippen LogP contribution in [0.3, 0.4) is 0 Å². The van der Waals surface area contributed by atoms with Gasteiger partial charge in [-0.1, -0.05) is 11.6 Å². The van der Waals surface area contributed by atoms with Crippen LogP contribution in [0, 0.1) is 6.92 Å². The van der Waals surface area contributed by atoms with Crippen molar-refractivity contribution in [1.29, 1.82) is 0 Å². The predicted molar refractivity (Wildman–Crippen MR) is 76.1 cm³/mol. The van der Waals surface area contributed by atoms with Crippen LogP contribution in [0.5, 0.6) is 0 Å². The van der Waals surface area contributed by atoms with Crippen molar-refractivity contribution in [2.24, 2.45) is 0 Å². The number of rotatable bonds is 3. The minimum atomic E-state index is -0.189. The molecular weight excluding hydrogens is 268 g/mol. The first kappa shape index (κ1) is 12.9. The van der Waals surface area contributed by atoms with Crippen LogP contribution in [0.2, 0.25) is 5.02 Å². The van der Waals surface area contributed by atoms with Crippen molar-refractivity contribution in [1.82, 2.24) is 5.32 Å². The Morgan fingerprint density at radius 3 is 2.83 bits per heavy atom. The summed E-state index contributed by atoms with van der Waals surface area (Å²) in [5.74, 6) is -0.189. The van der Waals surface area contributed by atoms with Gasteiger partial charge in [0, 0.05) is 12.2 Å². The number of nitrogens with two attached hydrogens (primary N) is 1. The maximum absolute atomic E-state index is 12.0. The molecule has 1 aromatic heterocycles. The number of hydrogen-bond acceptors (Lipinski definition) is 3. The molecule has 94 valence electrons. The van der Waals surface area contributed by atoms with Crippen molar-refractivity contribution in [2.75, 3.05) is 5.73 Å². The lowest BCUT2D eigenvalue weighted by Crippen LogP contribution is -2.23. The van der Waals surface area contributed by atoms with E-state index in [1.165, 1.54) is 5.56 Å². The Morgan fingerprint density at radius 2 is 2.22 bits per heavy atom. The molecule has 0 unspecified atom stereocenters. The number of nitrogens with one attached hydrogen (secondary N) is 1. The van der Waals surface area contributed by atoms with Gasteiger partial charge in [0.2, 0.25) is 0 Å². The number of aryl methyl sites for hydroxylation is 1. The zero-order valence-corrected chi connectivity index (χ0v) is 11.4. The topological polar surface area (TPSA) is 55.1 Å². The summed E-state index contributed by atoms with van der Waals surface area (Å²) in [6, 6.07) is 4.87. The van der Waals surface area contributed by atoms with Crippen molar-refractivity contribution in [3.63, 3.8) is 0 Å². The van der Waals surface area contributed by atoms with Gasteiger partial charge in [-0.2, -0.15) is 11.3 Å². The van der Waals surface area contributed by atoms with Crippen LogP contribution >= 0.6 is 22.9 Å². The lowest BCUT2D eigenvalue weighted by molar-refractivity contribution is 0.0951. The van der Waals surface area contributed by atoms with Gasteiger partial charge in [0.25, 0.3) is 5.91 Å². The highest BCUT2D eigenvalue weighted by Crippen LogP contribution is 2.19. The van der Waals surface area contributed by atoms with Gasteiger partial charge in [-0.25, -0.2) is 0 Å². The first-order chi connectivity index (χ1) is 8.58. The van der Waals surface area contributed by atoms with Crippen LogP contribution < -0.4 is 11.1 Å². The van der Waals surface area contributed by atoms with E-state index < -0.39 is 0 Å². The molecule has 2 aromatic rings. The average molecular weight is 281 g/mol. The number of amides is 1. The second-order valence-corrected chi connectivity index (χ2v) is 5.15. The standard InChI is InChI=1S/C13H13ClN2OS/c1-8-6-18-7-9(8)5-16-13(17)11-3-2-10(15)4-12(11)14/h2-4,6-7H,5,15H2,1H3,(H,16,17). The van der Waals surface area contributed by atoms with E-state index in [1.54, 1.807) is 29.5 Å². The van der Waals surface area contributed by atoms with Gasteiger partial charge >= 0.3 is 0 Å². The maximum atomic E-state index is 12.0. The molecule has 2 rings (SSSR count). The highest BCUT2D eigenvalue weighted by molar-refractivity contribution is 7.08. The molecule has 0 fully saturated rings. The maximum Gasteiger partial charge on any atom is 0.253 e. The van der Waals surface area contributed by atoms with Gasteiger partial charge < -0.3 is 11.1 Å². The molecule has 0 saturated heterocycles. The fraction of sp³-hybridized carbons (Fsp3) is 0.154. The van der Waals surface area contributed by atoms with Crippen LogP contribution in [0.1, 0.15) is 21.5 Å². The number of nitrogen functional groups attached to an aromatic ring is 1. The van der Waals surface area contributed by atoms with Gasteiger partial charge in [-0.05, 0) is 47.0 Å². The van der Waals surface area contributed by atoms with Gasteiger partial charge in [-0.3, -0.25) is 4.79 Å². The van der Waals surface area contributed by atoms with Gasteiger partial charge in [0.15, 0.2) is 0 Å². The van der Waals surface area contributed by atoms with E-state index in [4.69, 9.17) is 17.3 Å². The van der Waals surface area contributed by atoms with E-state index in [2.05, 4.69) is 10.7 Å². The van der Waals surface area contributed by atoms with E-state index in [0.29, 0.717) is 22.8 Å². The zero-order valence-electron chi connectivity index (χ0n) is 9.87. The van der Waals surface area contributed by atoms with Gasteiger partial charge in [-0.15, -0.1) is 0 Å². The summed E-state index contributed by atoms with van der Waals surface area (Å²) in [5, 5.41) is 7.30. The molecule has 1 aromatic carbocycles. The number of thiophene rings is 1.